The van der Waals surface area contributed by atoms with Crippen molar-refractivity contribution in [3.63, 3.8) is 0 Å². The van der Waals surface area contributed by atoms with Crippen molar-refractivity contribution in [3.8, 4) is 5.88 Å². The minimum absolute atomic E-state index is 0.0687. The monoisotopic (exact) mass is 298 g/mol. The second kappa shape index (κ2) is 5.49. The molecule has 0 N–H and O–H groups in total. The predicted molar refractivity (Wildman–Crippen MR) is 67.8 cm³/mol. The first-order valence-electron chi connectivity index (χ1n) is 5.75. The molecule has 0 aliphatic carbocycles. The van der Waals surface area contributed by atoms with Crippen LogP contribution in [-0.2, 0) is 4.79 Å². The van der Waals surface area contributed by atoms with E-state index >= 15 is 0 Å². The van der Waals surface area contributed by atoms with Gasteiger partial charge in [-0.2, -0.15) is 0 Å². The normalized spacial score (nSPS) is 19.4. The molecule has 1 aromatic rings. The van der Waals surface area contributed by atoms with Crippen molar-refractivity contribution < 1.29 is 9.53 Å². The number of nitrogens with zero attached hydrogens (tertiary/aromatic N) is 2. The highest BCUT2D eigenvalue weighted by atomic mass is 79.9. The fraction of sp³-hybridized carbons (Fsp3) is 0.500. The maximum Gasteiger partial charge on any atom is 0.222 e. The predicted octanol–water partition coefficient (Wildman–Crippen LogP) is 2.23. The average molecular weight is 299 g/mol. The molecule has 1 atom stereocenters. The van der Waals surface area contributed by atoms with Crippen LogP contribution in [0.15, 0.2) is 22.8 Å². The van der Waals surface area contributed by atoms with Crippen LogP contribution in [0.25, 0.3) is 0 Å². The van der Waals surface area contributed by atoms with E-state index in [1.165, 1.54) is 0 Å². The second-order valence-electron chi connectivity index (χ2n) is 4.04. The van der Waals surface area contributed by atoms with Crippen molar-refractivity contribution in [2.24, 2.45) is 0 Å². The Balaban J connectivity index is 1.89. The van der Waals surface area contributed by atoms with E-state index in [9.17, 15) is 4.79 Å². The molecule has 0 saturated carbocycles. The quantitative estimate of drug-likeness (QED) is 0.859. The van der Waals surface area contributed by atoms with Crippen LogP contribution in [0, 0.1) is 0 Å². The molecule has 0 unspecified atom stereocenters. The highest BCUT2D eigenvalue weighted by Gasteiger charge is 2.26. The molecule has 0 radical (unpaired) electrons. The summed E-state index contributed by atoms with van der Waals surface area (Å²) >= 11 is 3.33. The van der Waals surface area contributed by atoms with E-state index in [1.807, 2.05) is 24.0 Å². The van der Waals surface area contributed by atoms with Gasteiger partial charge in [0.05, 0.1) is 6.54 Å². The van der Waals surface area contributed by atoms with Gasteiger partial charge in [0.15, 0.2) is 0 Å². The van der Waals surface area contributed by atoms with Crippen LogP contribution in [0.2, 0.25) is 0 Å². The molecule has 1 amide bonds. The lowest BCUT2D eigenvalue weighted by Crippen LogP contribution is -2.30. The number of likely N-dealkylation sites (tertiary alicyclic amines) is 1. The SMILES string of the molecule is CCC(=O)N1CC[C@H](Oc2ccc(Br)cn2)C1. The molecule has 0 aromatic carbocycles. The van der Waals surface area contributed by atoms with Gasteiger partial charge in [-0.25, -0.2) is 4.98 Å². The number of hydrogen-bond acceptors (Lipinski definition) is 3. The van der Waals surface area contributed by atoms with E-state index < -0.39 is 0 Å². The molecule has 0 spiro atoms. The molecule has 17 heavy (non-hydrogen) atoms. The minimum atomic E-state index is 0.0687. The Morgan fingerprint density at radius 1 is 1.65 bits per heavy atom. The summed E-state index contributed by atoms with van der Waals surface area (Å²) in [6.07, 6.45) is 3.21. The van der Waals surface area contributed by atoms with Crippen molar-refractivity contribution in [3.05, 3.63) is 22.8 Å². The fourth-order valence-corrected chi connectivity index (χ4v) is 2.11. The van der Waals surface area contributed by atoms with Crippen molar-refractivity contribution in [1.82, 2.24) is 9.88 Å². The van der Waals surface area contributed by atoms with E-state index in [2.05, 4.69) is 20.9 Å². The number of halogens is 1. The summed E-state index contributed by atoms with van der Waals surface area (Å²) in [4.78, 5) is 17.5. The van der Waals surface area contributed by atoms with Crippen LogP contribution in [0.5, 0.6) is 5.88 Å². The van der Waals surface area contributed by atoms with Crippen LogP contribution < -0.4 is 4.74 Å². The molecular formula is C12H15BrN2O2. The van der Waals surface area contributed by atoms with Crippen LogP contribution in [-0.4, -0.2) is 35.0 Å². The van der Waals surface area contributed by atoms with E-state index in [4.69, 9.17) is 4.74 Å². The third-order valence-corrected chi connectivity index (χ3v) is 3.26. The lowest BCUT2D eigenvalue weighted by Gasteiger charge is -2.16. The zero-order chi connectivity index (χ0) is 12.3. The van der Waals surface area contributed by atoms with Gasteiger partial charge in [0.2, 0.25) is 11.8 Å². The summed E-state index contributed by atoms with van der Waals surface area (Å²) in [5, 5.41) is 0. The van der Waals surface area contributed by atoms with Gasteiger partial charge in [0, 0.05) is 36.1 Å². The first-order chi connectivity index (χ1) is 8.19. The molecule has 92 valence electrons. The van der Waals surface area contributed by atoms with Gasteiger partial charge in [0.25, 0.3) is 0 Å². The second-order valence-corrected chi connectivity index (χ2v) is 4.95. The number of carbonyl (C=O) groups excluding carboxylic acids is 1. The van der Waals surface area contributed by atoms with Crippen LogP contribution >= 0.6 is 15.9 Å². The lowest BCUT2D eigenvalue weighted by molar-refractivity contribution is -0.130. The number of carbonyl (C=O) groups is 1. The fourth-order valence-electron chi connectivity index (χ4n) is 1.88. The number of ether oxygens (including phenoxy) is 1. The summed E-state index contributed by atoms with van der Waals surface area (Å²) in [6.45, 7) is 3.34. The highest BCUT2D eigenvalue weighted by molar-refractivity contribution is 9.10. The van der Waals surface area contributed by atoms with Crippen molar-refractivity contribution in [2.75, 3.05) is 13.1 Å². The van der Waals surface area contributed by atoms with Crippen molar-refractivity contribution >= 4 is 21.8 Å². The minimum Gasteiger partial charge on any atom is -0.472 e. The third-order valence-electron chi connectivity index (χ3n) is 2.79. The molecule has 1 saturated heterocycles. The van der Waals surface area contributed by atoms with Crippen LogP contribution in [0.3, 0.4) is 0 Å². The molecule has 2 heterocycles. The van der Waals surface area contributed by atoms with E-state index in [-0.39, 0.29) is 12.0 Å². The lowest BCUT2D eigenvalue weighted by atomic mass is 10.3. The average Bonchev–Trinajstić information content (AvgIpc) is 2.80. The zero-order valence-corrected chi connectivity index (χ0v) is 11.3. The van der Waals surface area contributed by atoms with Crippen molar-refractivity contribution in [1.29, 1.82) is 0 Å². The Hall–Kier alpha value is -1.10. The Morgan fingerprint density at radius 2 is 2.47 bits per heavy atom. The summed E-state index contributed by atoms with van der Waals surface area (Å²) < 4.78 is 6.66. The maximum absolute atomic E-state index is 11.5. The molecule has 1 aromatic heterocycles. The smallest absolute Gasteiger partial charge is 0.222 e. The van der Waals surface area contributed by atoms with Gasteiger partial charge in [-0.05, 0) is 22.0 Å². The summed E-state index contributed by atoms with van der Waals surface area (Å²) in [7, 11) is 0. The topological polar surface area (TPSA) is 42.4 Å². The Bertz CT molecular complexity index is 394. The van der Waals surface area contributed by atoms with Gasteiger partial charge < -0.3 is 9.64 Å². The van der Waals surface area contributed by atoms with Gasteiger partial charge in [-0.1, -0.05) is 6.92 Å². The molecule has 2 rings (SSSR count). The summed E-state index contributed by atoms with van der Waals surface area (Å²) in [6, 6.07) is 3.72. The van der Waals surface area contributed by atoms with E-state index in [0.29, 0.717) is 18.8 Å². The van der Waals surface area contributed by atoms with Crippen LogP contribution in [0.1, 0.15) is 19.8 Å². The number of amides is 1. The van der Waals surface area contributed by atoms with Gasteiger partial charge in [0.1, 0.15) is 6.10 Å². The molecule has 1 aliphatic heterocycles. The summed E-state index contributed by atoms with van der Waals surface area (Å²) in [5.74, 6) is 0.809. The standard InChI is InChI=1S/C12H15BrN2O2/c1-2-12(16)15-6-5-10(8-15)17-11-4-3-9(13)7-14-11/h3-4,7,10H,2,5-6,8H2,1H3/t10-/m0/s1. The van der Waals surface area contributed by atoms with E-state index in [1.54, 1.807) is 6.20 Å². The maximum atomic E-state index is 11.5. The molecular weight excluding hydrogens is 284 g/mol. The van der Waals surface area contributed by atoms with Gasteiger partial charge in [-0.15, -0.1) is 0 Å². The Morgan fingerprint density at radius 3 is 3.12 bits per heavy atom. The first kappa shape index (κ1) is 12.4. The zero-order valence-electron chi connectivity index (χ0n) is 9.73. The van der Waals surface area contributed by atoms with Crippen molar-refractivity contribution in [2.45, 2.75) is 25.9 Å². The van der Waals surface area contributed by atoms with Crippen LogP contribution in [0.4, 0.5) is 0 Å². The molecule has 0 bridgehead atoms. The highest BCUT2D eigenvalue weighted by Crippen LogP contribution is 2.18. The third kappa shape index (κ3) is 3.19. The largest absolute Gasteiger partial charge is 0.472 e. The Kier molecular flexibility index (Phi) is 3.99. The first-order valence-corrected chi connectivity index (χ1v) is 6.54. The molecule has 1 fully saturated rings. The molecule has 5 heteroatoms. The van der Waals surface area contributed by atoms with E-state index in [0.717, 1.165) is 17.4 Å². The van der Waals surface area contributed by atoms with Gasteiger partial charge >= 0.3 is 0 Å². The number of pyridine rings is 1. The number of hydrogen-bond donors (Lipinski definition) is 0. The van der Waals surface area contributed by atoms with Gasteiger partial charge in [-0.3, -0.25) is 4.79 Å². The number of aromatic nitrogens is 1. The molecule has 4 nitrogen and oxygen atoms in total. The number of rotatable bonds is 3. The summed E-state index contributed by atoms with van der Waals surface area (Å²) in [5.41, 5.74) is 0. The Labute approximate surface area is 109 Å². The molecule has 1 aliphatic rings.